The van der Waals surface area contributed by atoms with Crippen molar-refractivity contribution in [3.05, 3.63) is 0 Å². The van der Waals surface area contributed by atoms with Gasteiger partial charge in [0.05, 0.1) is 0 Å². The van der Waals surface area contributed by atoms with E-state index in [0.29, 0.717) is 0 Å². The van der Waals surface area contributed by atoms with Gasteiger partial charge in [-0.1, -0.05) is 53.4 Å². The van der Waals surface area contributed by atoms with Crippen LogP contribution in [0.4, 0.5) is 0 Å². The van der Waals surface area contributed by atoms with Crippen molar-refractivity contribution in [3.8, 4) is 0 Å². The van der Waals surface area contributed by atoms with Gasteiger partial charge in [-0.15, -0.1) is 0 Å². The first-order chi connectivity index (χ1) is 6.15. The highest BCUT2D eigenvalue weighted by Gasteiger charge is 2.30. The molecule has 2 unspecified atom stereocenters. The summed E-state index contributed by atoms with van der Waals surface area (Å²) >= 11 is 0. The Kier molecular flexibility index (Phi) is 4.28. The summed E-state index contributed by atoms with van der Waals surface area (Å²) in [7, 11) is 0. The topological polar surface area (TPSA) is 0 Å². The molecule has 78 valence electrons. The molecule has 0 amide bonds. The Balaban J connectivity index is 2.42. The van der Waals surface area contributed by atoms with E-state index in [4.69, 9.17) is 0 Å². The Morgan fingerprint density at radius 3 is 2.08 bits per heavy atom. The molecule has 0 aromatic heterocycles. The van der Waals surface area contributed by atoms with Gasteiger partial charge >= 0.3 is 0 Å². The van der Waals surface area contributed by atoms with Crippen molar-refractivity contribution in [1.29, 1.82) is 0 Å². The largest absolute Gasteiger partial charge is 0.0651 e. The van der Waals surface area contributed by atoms with Gasteiger partial charge in [0.25, 0.3) is 0 Å². The maximum absolute atomic E-state index is 2.45. The Hall–Kier alpha value is 0. The number of rotatable bonds is 5. The SMILES string of the molecule is CCC(C)C(CC(C)C)C1CCC1. The van der Waals surface area contributed by atoms with Crippen LogP contribution >= 0.6 is 0 Å². The van der Waals surface area contributed by atoms with Gasteiger partial charge in [0.15, 0.2) is 0 Å². The fraction of sp³-hybridized carbons (Fsp3) is 1.00. The predicted molar refractivity (Wildman–Crippen MR) is 59.7 cm³/mol. The van der Waals surface area contributed by atoms with E-state index in [9.17, 15) is 0 Å². The van der Waals surface area contributed by atoms with Crippen LogP contribution in [0, 0.1) is 23.7 Å². The average Bonchev–Trinajstić information content (AvgIpc) is 1.98. The van der Waals surface area contributed by atoms with Gasteiger partial charge in [0, 0.05) is 0 Å². The summed E-state index contributed by atoms with van der Waals surface area (Å²) in [6.07, 6.45) is 7.35. The van der Waals surface area contributed by atoms with Gasteiger partial charge < -0.3 is 0 Å². The summed E-state index contributed by atoms with van der Waals surface area (Å²) in [5, 5.41) is 0. The number of hydrogen-bond acceptors (Lipinski definition) is 0. The molecule has 2 atom stereocenters. The predicted octanol–water partition coefficient (Wildman–Crippen LogP) is 4.49. The van der Waals surface area contributed by atoms with Gasteiger partial charge in [-0.05, 0) is 30.1 Å². The lowest BCUT2D eigenvalue weighted by atomic mass is 9.68. The molecule has 0 spiro atoms. The molecule has 1 fully saturated rings. The van der Waals surface area contributed by atoms with Crippen molar-refractivity contribution in [1.82, 2.24) is 0 Å². The quantitative estimate of drug-likeness (QED) is 0.587. The molecule has 1 rings (SSSR count). The fourth-order valence-corrected chi connectivity index (χ4v) is 2.60. The zero-order valence-corrected chi connectivity index (χ0v) is 9.84. The van der Waals surface area contributed by atoms with Crippen molar-refractivity contribution in [2.45, 2.75) is 59.8 Å². The first kappa shape index (κ1) is 11.1. The minimum absolute atomic E-state index is 0.889. The lowest BCUT2D eigenvalue weighted by Crippen LogP contribution is -2.28. The third kappa shape index (κ3) is 3.00. The first-order valence-electron chi connectivity index (χ1n) is 6.15. The Labute approximate surface area is 84.1 Å². The molecule has 0 heterocycles. The van der Waals surface area contributed by atoms with Crippen LogP contribution in [0.25, 0.3) is 0 Å². The van der Waals surface area contributed by atoms with Crippen LogP contribution in [0.15, 0.2) is 0 Å². The summed E-state index contributed by atoms with van der Waals surface area (Å²) in [5.41, 5.74) is 0. The lowest BCUT2D eigenvalue weighted by molar-refractivity contribution is 0.126. The molecule has 0 radical (unpaired) electrons. The Bertz CT molecular complexity index is 128. The van der Waals surface area contributed by atoms with E-state index in [1.165, 1.54) is 32.1 Å². The third-order valence-electron chi connectivity index (χ3n) is 3.87. The summed E-state index contributed by atoms with van der Waals surface area (Å²) in [5.74, 6) is 3.95. The summed E-state index contributed by atoms with van der Waals surface area (Å²) in [4.78, 5) is 0. The molecule has 0 aliphatic heterocycles. The fourth-order valence-electron chi connectivity index (χ4n) is 2.60. The van der Waals surface area contributed by atoms with Gasteiger partial charge in [0.1, 0.15) is 0 Å². The average molecular weight is 182 g/mol. The van der Waals surface area contributed by atoms with Gasteiger partial charge in [-0.3, -0.25) is 0 Å². The van der Waals surface area contributed by atoms with Crippen molar-refractivity contribution in [2.24, 2.45) is 23.7 Å². The van der Waals surface area contributed by atoms with E-state index in [1.807, 2.05) is 0 Å². The van der Waals surface area contributed by atoms with Gasteiger partial charge in [-0.2, -0.15) is 0 Å². The van der Waals surface area contributed by atoms with Crippen LogP contribution in [0.5, 0.6) is 0 Å². The molecule has 0 nitrogen and oxygen atoms in total. The Morgan fingerprint density at radius 1 is 1.15 bits per heavy atom. The van der Waals surface area contributed by atoms with Crippen molar-refractivity contribution in [3.63, 3.8) is 0 Å². The van der Waals surface area contributed by atoms with Crippen LogP contribution in [-0.4, -0.2) is 0 Å². The molecule has 0 aromatic carbocycles. The highest BCUT2D eigenvalue weighted by Crippen LogP contribution is 2.41. The second-order valence-electron chi connectivity index (χ2n) is 5.37. The highest BCUT2D eigenvalue weighted by atomic mass is 14.4. The van der Waals surface area contributed by atoms with Crippen molar-refractivity contribution in [2.75, 3.05) is 0 Å². The molecular weight excluding hydrogens is 156 g/mol. The first-order valence-corrected chi connectivity index (χ1v) is 6.15. The zero-order chi connectivity index (χ0) is 9.84. The molecule has 1 aliphatic rings. The lowest BCUT2D eigenvalue weighted by Gasteiger charge is -2.38. The molecule has 1 saturated carbocycles. The minimum Gasteiger partial charge on any atom is -0.0651 e. The van der Waals surface area contributed by atoms with Crippen LogP contribution in [0.2, 0.25) is 0 Å². The maximum Gasteiger partial charge on any atom is -0.0358 e. The molecule has 0 aromatic rings. The zero-order valence-electron chi connectivity index (χ0n) is 9.84. The molecule has 0 N–H and O–H groups in total. The van der Waals surface area contributed by atoms with E-state index < -0.39 is 0 Å². The number of hydrogen-bond donors (Lipinski definition) is 0. The second kappa shape index (κ2) is 5.02. The van der Waals surface area contributed by atoms with Crippen LogP contribution in [-0.2, 0) is 0 Å². The van der Waals surface area contributed by atoms with Crippen molar-refractivity contribution >= 4 is 0 Å². The second-order valence-corrected chi connectivity index (χ2v) is 5.37. The van der Waals surface area contributed by atoms with E-state index in [2.05, 4.69) is 27.7 Å². The van der Waals surface area contributed by atoms with E-state index in [0.717, 1.165) is 23.7 Å². The molecule has 13 heavy (non-hydrogen) atoms. The van der Waals surface area contributed by atoms with Gasteiger partial charge in [0.2, 0.25) is 0 Å². The molecule has 0 heteroatoms. The molecule has 0 bridgehead atoms. The van der Waals surface area contributed by atoms with Crippen molar-refractivity contribution < 1.29 is 0 Å². The third-order valence-corrected chi connectivity index (χ3v) is 3.87. The van der Waals surface area contributed by atoms with E-state index >= 15 is 0 Å². The standard InChI is InChI=1S/C13H26/c1-5-11(4)13(9-10(2)3)12-7-6-8-12/h10-13H,5-9H2,1-4H3. The molecule has 0 saturated heterocycles. The van der Waals surface area contributed by atoms with E-state index in [-0.39, 0.29) is 0 Å². The summed E-state index contributed by atoms with van der Waals surface area (Å²) in [6.45, 7) is 9.53. The highest BCUT2D eigenvalue weighted by molar-refractivity contribution is 4.81. The molecular formula is C13H26. The maximum atomic E-state index is 2.45. The summed E-state index contributed by atoms with van der Waals surface area (Å²) in [6, 6.07) is 0. The molecule has 1 aliphatic carbocycles. The normalized spacial score (nSPS) is 22.8. The smallest absolute Gasteiger partial charge is 0.0358 e. The van der Waals surface area contributed by atoms with Crippen LogP contribution in [0.1, 0.15) is 59.8 Å². The minimum atomic E-state index is 0.889. The van der Waals surface area contributed by atoms with E-state index in [1.54, 1.807) is 0 Å². The monoisotopic (exact) mass is 182 g/mol. The Morgan fingerprint density at radius 2 is 1.77 bits per heavy atom. The van der Waals surface area contributed by atoms with Crippen LogP contribution in [0.3, 0.4) is 0 Å². The van der Waals surface area contributed by atoms with Crippen LogP contribution < -0.4 is 0 Å². The van der Waals surface area contributed by atoms with Gasteiger partial charge in [-0.25, -0.2) is 0 Å². The summed E-state index contributed by atoms with van der Waals surface area (Å²) < 4.78 is 0.